The number of rotatable bonds is 7. The van der Waals surface area contributed by atoms with Gasteiger partial charge in [-0.15, -0.1) is 0 Å². The highest BCUT2D eigenvalue weighted by Gasteiger charge is 2.18. The standard InChI is InChI=1S/C22H25NO/c1-3-15-23(16-4-2)20-17-21(18-11-7-5-8-12-18)24-22(20)19-13-9-6-10-14-19/h5-14,17H,3-4,15-16H2,1-2H3. The molecule has 1 heterocycles. The third-order valence-corrected chi connectivity index (χ3v) is 4.13. The minimum Gasteiger partial charge on any atom is -0.454 e. The SMILES string of the molecule is CCCN(CCC)c1cc(-c2ccccc2)oc1-c1ccccc1. The van der Waals surface area contributed by atoms with Crippen LogP contribution in [0.25, 0.3) is 22.6 Å². The van der Waals surface area contributed by atoms with Gasteiger partial charge in [0.25, 0.3) is 0 Å². The van der Waals surface area contributed by atoms with Gasteiger partial charge in [-0.3, -0.25) is 0 Å². The van der Waals surface area contributed by atoms with Crippen molar-refractivity contribution in [1.82, 2.24) is 0 Å². The first kappa shape index (κ1) is 16.4. The number of benzene rings is 2. The Morgan fingerprint density at radius 2 is 1.29 bits per heavy atom. The average Bonchev–Trinajstić information content (AvgIpc) is 3.08. The lowest BCUT2D eigenvalue weighted by atomic mass is 10.1. The molecule has 2 nitrogen and oxygen atoms in total. The van der Waals surface area contributed by atoms with E-state index in [-0.39, 0.29) is 0 Å². The first-order valence-corrected chi connectivity index (χ1v) is 8.83. The van der Waals surface area contributed by atoms with E-state index in [9.17, 15) is 0 Å². The summed E-state index contributed by atoms with van der Waals surface area (Å²) in [6.07, 6.45) is 2.25. The van der Waals surface area contributed by atoms with Gasteiger partial charge in [-0.25, -0.2) is 0 Å². The maximum absolute atomic E-state index is 6.32. The molecule has 24 heavy (non-hydrogen) atoms. The molecular weight excluding hydrogens is 294 g/mol. The highest BCUT2D eigenvalue weighted by Crippen LogP contribution is 2.38. The summed E-state index contributed by atoms with van der Waals surface area (Å²) in [5.41, 5.74) is 3.45. The minimum atomic E-state index is 0.932. The molecule has 0 fully saturated rings. The van der Waals surface area contributed by atoms with Crippen LogP contribution in [0.2, 0.25) is 0 Å². The van der Waals surface area contributed by atoms with E-state index in [1.54, 1.807) is 0 Å². The Balaban J connectivity index is 2.09. The van der Waals surface area contributed by atoms with E-state index in [0.717, 1.165) is 48.6 Å². The van der Waals surface area contributed by atoms with E-state index in [1.807, 2.05) is 12.1 Å². The van der Waals surface area contributed by atoms with Gasteiger partial charge >= 0.3 is 0 Å². The second-order valence-corrected chi connectivity index (χ2v) is 6.04. The lowest BCUT2D eigenvalue weighted by Gasteiger charge is -2.23. The second-order valence-electron chi connectivity index (χ2n) is 6.04. The van der Waals surface area contributed by atoms with Crippen molar-refractivity contribution in [2.24, 2.45) is 0 Å². The predicted molar refractivity (Wildman–Crippen MR) is 102 cm³/mol. The Kier molecular flexibility index (Phi) is 5.37. The number of hydrogen-bond donors (Lipinski definition) is 0. The smallest absolute Gasteiger partial charge is 0.158 e. The van der Waals surface area contributed by atoms with Gasteiger partial charge in [0.2, 0.25) is 0 Å². The van der Waals surface area contributed by atoms with Crippen LogP contribution in [0.3, 0.4) is 0 Å². The fourth-order valence-electron chi connectivity index (χ4n) is 3.05. The van der Waals surface area contributed by atoms with Crippen molar-refractivity contribution in [2.45, 2.75) is 26.7 Å². The Morgan fingerprint density at radius 3 is 1.83 bits per heavy atom. The van der Waals surface area contributed by atoms with E-state index in [4.69, 9.17) is 4.42 Å². The van der Waals surface area contributed by atoms with Gasteiger partial charge < -0.3 is 9.32 Å². The van der Waals surface area contributed by atoms with Crippen LogP contribution in [-0.2, 0) is 0 Å². The molecule has 0 spiro atoms. The molecule has 3 aromatic rings. The molecule has 0 saturated heterocycles. The van der Waals surface area contributed by atoms with Crippen molar-refractivity contribution >= 4 is 5.69 Å². The highest BCUT2D eigenvalue weighted by atomic mass is 16.3. The summed E-state index contributed by atoms with van der Waals surface area (Å²) < 4.78 is 6.32. The van der Waals surface area contributed by atoms with Crippen LogP contribution in [0.1, 0.15) is 26.7 Å². The predicted octanol–water partition coefficient (Wildman–Crippen LogP) is 6.24. The zero-order valence-electron chi connectivity index (χ0n) is 14.5. The lowest BCUT2D eigenvalue weighted by Crippen LogP contribution is -2.24. The third kappa shape index (κ3) is 3.53. The monoisotopic (exact) mass is 319 g/mol. The summed E-state index contributed by atoms with van der Waals surface area (Å²) in [4.78, 5) is 2.44. The van der Waals surface area contributed by atoms with Crippen molar-refractivity contribution in [2.75, 3.05) is 18.0 Å². The van der Waals surface area contributed by atoms with Gasteiger partial charge in [0, 0.05) is 30.3 Å². The Labute approximate surface area is 144 Å². The molecule has 1 aromatic heterocycles. The summed E-state index contributed by atoms with van der Waals surface area (Å²) in [6, 6.07) is 22.9. The Bertz CT molecular complexity index is 740. The third-order valence-electron chi connectivity index (χ3n) is 4.13. The first-order chi connectivity index (χ1) is 11.8. The summed E-state index contributed by atoms with van der Waals surface area (Å²) in [7, 11) is 0. The van der Waals surface area contributed by atoms with Crippen molar-refractivity contribution in [3.05, 3.63) is 66.7 Å². The fourth-order valence-corrected chi connectivity index (χ4v) is 3.05. The maximum atomic E-state index is 6.32. The largest absolute Gasteiger partial charge is 0.454 e. The molecule has 0 N–H and O–H groups in total. The summed E-state index contributed by atoms with van der Waals surface area (Å²) in [5, 5.41) is 0. The molecule has 0 aliphatic carbocycles. The van der Waals surface area contributed by atoms with Crippen LogP contribution in [0.4, 0.5) is 5.69 Å². The second kappa shape index (κ2) is 7.87. The van der Waals surface area contributed by atoms with Gasteiger partial charge in [-0.2, -0.15) is 0 Å². The minimum absolute atomic E-state index is 0.932. The van der Waals surface area contributed by atoms with Crippen molar-refractivity contribution in [3.8, 4) is 22.6 Å². The molecule has 2 aromatic carbocycles. The number of hydrogen-bond acceptors (Lipinski definition) is 2. The van der Waals surface area contributed by atoms with Gasteiger partial charge in [0.05, 0.1) is 5.69 Å². The van der Waals surface area contributed by atoms with E-state index in [1.165, 1.54) is 5.69 Å². The molecule has 0 amide bonds. The first-order valence-electron chi connectivity index (χ1n) is 8.83. The quantitative estimate of drug-likeness (QED) is 0.512. The van der Waals surface area contributed by atoms with Crippen molar-refractivity contribution in [3.63, 3.8) is 0 Å². The highest BCUT2D eigenvalue weighted by molar-refractivity contribution is 5.79. The summed E-state index contributed by atoms with van der Waals surface area (Å²) in [6.45, 7) is 6.54. The zero-order valence-corrected chi connectivity index (χ0v) is 14.5. The molecule has 0 saturated carbocycles. The molecule has 3 rings (SSSR count). The van der Waals surface area contributed by atoms with E-state index in [2.05, 4.69) is 73.3 Å². The molecule has 0 atom stereocenters. The molecule has 0 aliphatic rings. The van der Waals surface area contributed by atoms with Gasteiger partial charge in [-0.1, -0.05) is 74.5 Å². The zero-order chi connectivity index (χ0) is 16.8. The molecule has 2 heteroatoms. The van der Waals surface area contributed by atoms with Gasteiger partial charge in [0.1, 0.15) is 5.76 Å². The molecule has 0 bridgehead atoms. The van der Waals surface area contributed by atoms with Crippen molar-refractivity contribution < 1.29 is 4.42 Å². The molecule has 124 valence electrons. The lowest BCUT2D eigenvalue weighted by molar-refractivity contribution is 0.595. The summed E-state index contributed by atoms with van der Waals surface area (Å²) in [5.74, 6) is 1.90. The topological polar surface area (TPSA) is 16.4 Å². The van der Waals surface area contributed by atoms with Crippen LogP contribution < -0.4 is 4.90 Å². The van der Waals surface area contributed by atoms with E-state index >= 15 is 0 Å². The summed E-state index contributed by atoms with van der Waals surface area (Å²) >= 11 is 0. The molecule has 0 aliphatic heterocycles. The molecule has 0 unspecified atom stereocenters. The van der Waals surface area contributed by atoms with Crippen LogP contribution in [0.15, 0.2) is 71.1 Å². The van der Waals surface area contributed by atoms with Crippen LogP contribution in [-0.4, -0.2) is 13.1 Å². The Morgan fingerprint density at radius 1 is 0.750 bits per heavy atom. The normalized spacial score (nSPS) is 10.8. The number of anilines is 1. The average molecular weight is 319 g/mol. The van der Waals surface area contributed by atoms with Gasteiger partial charge in [0.15, 0.2) is 5.76 Å². The molecular formula is C22H25NO. The molecule has 0 radical (unpaired) electrons. The number of furan rings is 1. The van der Waals surface area contributed by atoms with Crippen LogP contribution >= 0.6 is 0 Å². The van der Waals surface area contributed by atoms with E-state index < -0.39 is 0 Å². The van der Waals surface area contributed by atoms with Crippen LogP contribution in [0.5, 0.6) is 0 Å². The maximum Gasteiger partial charge on any atom is 0.158 e. The number of nitrogens with zero attached hydrogens (tertiary/aromatic N) is 1. The fraction of sp³-hybridized carbons (Fsp3) is 0.273. The van der Waals surface area contributed by atoms with Gasteiger partial charge in [-0.05, 0) is 12.8 Å². The van der Waals surface area contributed by atoms with E-state index in [0.29, 0.717) is 0 Å². The van der Waals surface area contributed by atoms with Crippen molar-refractivity contribution in [1.29, 1.82) is 0 Å². The Hall–Kier alpha value is -2.48. The van der Waals surface area contributed by atoms with Crippen LogP contribution in [0, 0.1) is 0 Å².